The van der Waals surface area contributed by atoms with Crippen molar-refractivity contribution in [3.63, 3.8) is 0 Å². The second-order valence-corrected chi connectivity index (χ2v) is 12.7. The van der Waals surface area contributed by atoms with E-state index in [0.29, 0.717) is 0 Å². The van der Waals surface area contributed by atoms with E-state index in [1.165, 1.54) is 206 Å². The van der Waals surface area contributed by atoms with Crippen LogP contribution in [0.1, 0.15) is 200 Å². The zero-order valence-corrected chi connectivity index (χ0v) is 27.7. The third kappa shape index (κ3) is 26.4. The molecule has 1 rings (SSSR count). The molecule has 0 spiro atoms. The second kappa shape index (κ2) is 31.0. The molecule has 0 aromatic carbocycles. The smallest absolute Gasteiger partial charge is 0.0799 e. The maximum atomic E-state index is 2.31. The Labute approximate surface area is 246 Å². The van der Waals surface area contributed by atoms with Crippen molar-refractivity contribution in [1.29, 1.82) is 0 Å². The molecule has 2 unspecified atom stereocenters. The molecule has 1 fully saturated rings. The monoisotopic (exact) mass is 585 g/mol. The summed E-state index contributed by atoms with van der Waals surface area (Å²) in [5, 5.41) is 0. The Morgan fingerprint density at radius 1 is 0.459 bits per heavy atom. The van der Waals surface area contributed by atoms with Crippen LogP contribution in [0, 0.1) is 5.92 Å². The Balaban J connectivity index is 0.0000130. The summed E-state index contributed by atoms with van der Waals surface area (Å²) in [6.45, 7) is 9.05. The summed E-state index contributed by atoms with van der Waals surface area (Å²) >= 11 is 0. The number of hydrogen-bond donors (Lipinski definition) is 1. The first-order valence-electron chi connectivity index (χ1n) is 17.7. The molecular weight excluding hydrogens is 514 g/mol. The van der Waals surface area contributed by atoms with E-state index in [-0.39, 0.29) is 17.0 Å². The largest absolute Gasteiger partial charge is 1.00 e. The van der Waals surface area contributed by atoms with Gasteiger partial charge >= 0.3 is 0 Å². The van der Waals surface area contributed by atoms with E-state index in [0.717, 1.165) is 5.92 Å². The average Bonchev–Trinajstić information content (AvgIpc) is 2.90. The summed E-state index contributed by atoms with van der Waals surface area (Å²) in [6, 6.07) is 0. The molecule has 0 saturated carbocycles. The van der Waals surface area contributed by atoms with Crippen LogP contribution in [0.25, 0.3) is 0 Å². The maximum Gasteiger partial charge on any atom is 0.0799 e. The molecule has 0 aromatic heterocycles. The average molecular weight is 587 g/mol. The van der Waals surface area contributed by atoms with Crippen LogP contribution in [0.4, 0.5) is 0 Å². The number of quaternary nitrogens is 1. The van der Waals surface area contributed by atoms with Gasteiger partial charge in [-0.25, -0.2) is 0 Å². The van der Waals surface area contributed by atoms with Gasteiger partial charge in [0.15, 0.2) is 0 Å². The van der Waals surface area contributed by atoms with Crippen molar-refractivity contribution in [2.45, 2.75) is 200 Å². The highest BCUT2D eigenvalue weighted by molar-refractivity contribution is 4.63. The molecule has 1 heterocycles. The van der Waals surface area contributed by atoms with Crippen LogP contribution in [0.15, 0.2) is 0 Å². The summed E-state index contributed by atoms with van der Waals surface area (Å²) in [5.74, 6) is 1.04. The van der Waals surface area contributed by atoms with Gasteiger partial charge in [0.05, 0.1) is 19.6 Å². The summed E-state index contributed by atoms with van der Waals surface area (Å²) in [4.78, 5) is 1.95. The van der Waals surface area contributed by atoms with Crippen molar-refractivity contribution < 1.29 is 21.9 Å². The SMILES string of the molecule is CCCCCCCCCCCCCCCC1CCC[NH+](CCCCCCCCCCCCCCC)C1.[Br-]. The minimum atomic E-state index is 0. The fourth-order valence-corrected chi connectivity index (χ4v) is 6.57. The number of likely N-dealkylation sites (tertiary alicyclic amines) is 1. The second-order valence-electron chi connectivity index (χ2n) is 12.7. The lowest BCUT2D eigenvalue weighted by atomic mass is 9.92. The third-order valence-electron chi connectivity index (χ3n) is 9.07. The fourth-order valence-electron chi connectivity index (χ4n) is 6.57. The Bertz CT molecular complexity index is 376. The van der Waals surface area contributed by atoms with Crippen LogP contribution < -0.4 is 21.9 Å². The van der Waals surface area contributed by atoms with Gasteiger partial charge in [-0.05, 0) is 32.1 Å². The van der Waals surface area contributed by atoms with Gasteiger partial charge in [0.1, 0.15) is 0 Å². The number of nitrogens with one attached hydrogen (secondary N) is 1. The Hall–Kier alpha value is 0.440. The number of hydrogen-bond acceptors (Lipinski definition) is 0. The van der Waals surface area contributed by atoms with Gasteiger partial charge < -0.3 is 21.9 Å². The van der Waals surface area contributed by atoms with E-state index in [1.54, 1.807) is 0 Å². The minimum absolute atomic E-state index is 0. The predicted octanol–water partition coefficient (Wildman–Crippen LogP) is 7.86. The van der Waals surface area contributed by atoms with Crippen molar-refractivity contribution in [3.05, 3.63) is 0 Å². The van der Waals surface area contributed by atoms with Crippen molar-refractivity contribution >= 4 is 0 Å². The Kier molecular flexibility index (Phi) is 31.3. The normalized spacial score (nSPS) is 17.7. The van der Waals surface area contributed by atoms with E-state index >= 15 is 0 Å². The molecule has 0 aromatic rings. The van der Waals surface area contributed by atoms with Crippen molar-refractivity contribution in [1.82, 2.24) is 0 Å². The number of halogens is 1. The van der Waals surface area contributed by atoms with Crippen molar-refractivity contribution in [3.8, 4) is 0 Å². The third-order valence-corrected chi connectivity index (χ3v) is 9.07. The van der Waals surface area contributed by atoms with E-state index in [4.69, 9.17) is 0 Å². The van der Waals surface area contributed by atoms with Crippen LogP contribution in [-0.2, 0) is 0 Å². The lowest BCUT2D eigenvalue weighted by molar-refractivity contribution is -0.909. The molecule has 0 bridgehead atoms. The molecule has 2 atom stereocenters. The number of rotatable bonds is 28. The quantitative estimate of drug-likeness (QED) is 0.0891. The Morgan fingerprint density at radius 3 is 1.22 bits per heavy atom. The molecule has 37 heavy (non-hydrogen) atoms. The van der Waals surface area contributed by atoms with Gasteiger partial charge in [0, 0.05) is 5.92 Å². The topological polar surface area (TPSA) is 4.44 Å². The summed E-state index contributed by atoms with van der Waals surface area (Å²) in [7, 11) is 0. The molecule has 1 aliphatic heterocycles. The van der Waals surface area contributed by atoms with E-state index in [2.05, 4.69) is 13.8 Å². The van der Waals surface area contributed by atoms with Crippen LogP contribution >= 0.6 is 0 Å². The fraction of sp³-hybridized carbons (Fsp3) is 1.00. The van der Waals surface area contributed by atoms with Crippen molar-refractivity contribution in [2.75, 3.05) is 19.6 Å². The van der Waals surface area contributed by atoms with Gasteiger partial charge in [-0.15, -0.1) is 0 Å². The highest BCUT2D eigenvalue weighted by Gasteiger charge is 2.22. The van der Waals surface area contributed by atoms with Crippen LogP contribution in [0.5, 0.6) is 0 Å². The predicted molar refractivity (Wildman–Crippen MR) is 164 cm³/mol. The minimum Gasteiger partial charge on any atom is -1.00 e. The molecule has 0 aliphatic carbocycles. The summed E-state index contributed by atoms with van der Waals surface area (Å²) < 4.78 is 0. The molecule has 224 valence electrons. The lowest BCUT2D eigenvalue weighted by Gasteiger charge is -2.30. The molecule has 1 nitrogen and oxygen atoms in total. The van der Waals surface area contributed by atoms with Crippen LogP contribution in [0.3, 0.4) is 0 Å². The Morgan fingerprint density at radius 2 is 0.811 bits per heavy atom. The zero-order valence-electron chi connectivity index (χ0n) is 26.1. The van der Waals surface area contributed by atoms with E-state index < -0.39 is 0 Å². The summed E-state index contributed by atoms with van der Waals surface area (Å²) in [6.07, 6.45) is 43.0. The number of piperidine rings is 1. The van der Waals surface area contributed by atoms with Gasteiger partial charge in [-0.1, -0.05) is 168 Å². The van der Waals surface area contributed by atoms with Gasteiger partial charge in [0.25, 0.3) is 0 Å². The first kappa shape index (κ1) is 37.4. The highest BCUT2D eigenvalue weighted by Crippen LogP contribution is 2.18. The standard InChI is InChI=1S/C35H71N.BrH/c1-3-5-7-9-11-13-15-17-19-21-23-25-27-30-35-31-29-33-36(34-35)32-28-26-24-22-20-18-16-14-12-10-8-6-4-2;/h35H,3-34H2,1-2H3;1H. The molecule has 2 heteroatoms. The lowest BCUT2D eigenvalue weighted by Crippen LogP contribution is -3.13. The molecule has 0 amide bonds. The molecule has 1 N–H and O–H groups in total. The summed E-state index contributed by atoms with van der Waals surface area (Å²) in [5.41, 5.74) is 0. The molecule has 0 radical (unpaired) electrons. The first-order chi connectivity index (χ1) is 17.9. The van der Waals surface area contributed by atoms with Gasteiger partial charge in [-0.3, -0.25) is 0 Å². The molecule has 1 aliphatic rings. The van der Waals surface area contributed by atoms with Crippen LogP contribution in [0.2, 0.25) is 0 Å². The maximum absolute atomic E-state index is 2.31. The zero-order chi connectivity index (χ0) is 25.8. The number of unbranched alkanes of at least 4 members (excludes halogenated alkanes) is 24. The van der Waals surface area contributed by atoms with Crippen molar-refractivity contribution in [2.24, 2.45) is 5.92 Å². The molecular formula is C35H72BrN. The van der Waals surface area contributed by atoms with Crippen LogP contribution in [-0.4, -0.2) is 19.6 Å². The van der Waals surface area contributed by atoms with E-state index in [9.17, 15) is 0 Å². The first-order valence-corrected chi connectivity index (χ1v) is 17.7. The molecule has 1 saturated heterocycles. The van der Waals surface area contributed by atoms with E-state index in [1.807, 2.05) is 4.90 Å². The van der Waals surface area contributed by atoms with Gasteiger partial charge in [-0.2, -0.15) is 0 Å². The van der Waals surface area contributed by atoms with Gasteiger partial charge in [0.2, 0.25) is 0 Å². The highest BCUT2D eigenvalue weighted by atomic mass is 79.9.